The first-order valence-electron chi connectivity index (χ1n) is 7.69. The summed E-state index contributed by atoms with van der Waals surface area (Å²) in [6, 6.07) is 10.8. The largest absolute Gasteiger partial charge is 0.0775 e. The van der Waals surface area contributed by atoms with Gasteiger partial charge < -0.3 is 0 Å². The van der Waals surface area contributed by atoms with Crippen LogP contribution in [0, 0.1) is 0 Å². The second-order valence-electron chi connectivity index (χ2n) is 5.29. The van der Waals surface area contributed by atoms with Gasteiger partial charge in [0.15, 0.2) is 0 Å². The molecule has 20 heavy (non-hydrogen) atoms. The first-order chi connectivity index (χ1) is 9.59. The fourth-order valence-electron chi connectivity index (χ4n) is 2.50. The molecule has 0 heterocycles. The first kappa shape index (κ1) is 16.5. The van der Waals surface area contributed by atoms with Crippen molar-refractivity contribution in [2.45, 2.75) is 53.9 Å². The summed E-state index contributed by atoms with van der Waals surface area (Å²) in [6.07, 6.45) is 5.76. The molecule has 2 rings (SSSR count). The highest BCUT2D eigenvalue weighted by Crippen LogP contribution is 2.34. The third-order valence-electron chi connectivity index (χ3n) is 3.95. The highest BCUT2D eigenvalue weighted by Gasteiger charge is 2.15. The molecular formula is C20H28. The van der Waals surface area contributed by atoms with Crippen LogP contribution in [-0.4, -0.2) is 0 Å². The van der Waals surface area contributed by atoms with Gasteiger partial charge in [0.05, 0.1) is 0 Å². The predicted molar refractivity (Wildman–Crippen MR) is 91.0 cm³/mol. The maximum Gasteiger partial charge on any atom is 0.00637 e. The van der Waals surface area contributed by atoms with Gasteiger partial charge in [0, 0.05) is 5.92 Å². The normalized spacial score (nSPS) is 16.5. The average Bonchev–Trinajstić information content (AvgIpc) is 2.63. The van der Waals surface area contributed by atoms with Crippen LogP contribution in [0.25, 0.3) is 0 Å². The lowest BCUT2D eigenvalue weighted by Crippen LogP contribution is -2.01. The van der Waals surface area contributed by atoms with Crippen molar-refractivity contribution in [3.63, 3.8) is 0 Å². The number of hydrogen-bond acceptors (Lipinski definition) is 0. The van der Waals surface area contributed by atoms with Crippen molar-refractivity contribution < 1.29 is 0 Å². The van der Waals surface area contributed by atoms with Crippen molar-refractivity contribution in [1.29, 1.82) is 0 Å². The lowest BCUT2D eigenvalue weighted by molar-refractivity contribution is 0.893. The fourth-order valence-corrected chi connectivity index (χ4v) is 2.50. The summed E-state index contributed by atoms with van der Waals surface area (Å²) in [5.74, 6) is 0.461. The third kappa shape index (κ3) is 3.96. The summed E-state index contributed by atoms with van der Waals surface area (Å²) < 4.78 is 0. The smallest absolute Gasteiger partial charge is 0.00637 e. The van der Waals surface area contributed by atoms with Crippen molar-refractivity contribution in [2.75, 3.05) is 0 Å². The van der Waals surface area contributed by atoms with Crippen LogP contribution >= 0.6 is 0 Å². The van der Waals surface area contributed by atoms with Crippen molar-refractivity contribution in [1.82, 2.24) is 0 Å². The molecule has 0 aliphatic heterocycles. The summed E-state index contributed by atoms with van der Waals surface area (Å²) in [4.78, 5) is 0. The van der Waals surface area contributed by atoms with Gasteiger partial charge in [0.1, 0.15) is 0 Å². The maximum atomic E-state index is 2.35. The van der Waals surface area contributed by atoms with Gasteiger partial charge in [-0.3, -0.25) is 0 Å². The lowest BCUT2D eigenvalue weighted by Gasteiger charge is -2.18. The second kappa shape index (κ2) is 7.89. The van der Waals surface area contributed by atoms with Gasteiger partial charge in [-0.1, -0.05) is 74.4 Å². The molecule has 1 aromatic rings. The Labute approximate surface area is 124 Å². The molecule has 0 radical (unpaired) electrons. The zero-order chi connectivity index (χ0) is 15.1. The van der Waals surface area contributed by atoms with Gasteiger partial charge in [-0.25, -0.2) is 0 Å². The SMILES string of the molecule is CC.CC1=CCC(C)=C(C)C(C(C)c2ccccc2)=C1. The van der Waals surface area contributed by atoms with E-state index in [4.69, 9.17) is 0 Å². The van der Waals surface area contributed by atoms with Crippen LogP contribution < -0.4 is 0 Å². The zero-order valence-electron chi connectivity index (χ0n) is 13.8. The Kier molecular flexibility index (Phi) is 6.51. The van der Waals surface area contributed by atoms with Crippen molar-refractivity contribution in [3.8, 4) is 0 Å². The maximum absolute atomic E-state index is 2.35. The molecule has 1 aliphatic rings. The molecule has 0 bridgehead atoms. The van der Waals surface area contributed by atoms with Crippen LogP contribution in [0.3, 0.4) is 0 Å². The van der Waals surface area contributed by atoms with Crippen LogP contribution in [-0.2, 0) is 0 Å². The molecule has 0 saturated heterocycles. The van der Waals surface area contributed by atoms with Crippen molar-refractivity contribution in [3.05, 3.63) is 70.3 Å². The van der Waals surface area contributed by atoms with E-state index in [2.05, 4.69) is 70.2 Å². The highest BCUT2D eigenvalue weighted by atomic mass is 14.2. The van der Waals surface area contributed by atoms with E-state index in [9.17, 15) is 0 Å². The topological polar surface area (TPSA) is 0 Å². The lowest BCUT2D eigenvalue weighted by atomic mass is 9.86. The first-order valence-corrected chi connectivity index (χ1v) is 7.69. The molecule has 0 amide bonds. The van der Waals surface area contributed by atoms with E-state index in [-0.39, 0.29) is 0 Å². The highest BCUT2D eigenvalue weighted by molar-refractivity contribution is 5.47. The molecule has 0 saturated carbocycles. The van der Waals surface area contributed by atoms with Crippen LogP contribution in [0.2, 0.25) is 0 Å². The number of benzene rings is 1. The Bertz CT molecular complexity index is 512. The Morgan fingerprint density at radius 2 is 1.55 bits per heavy atom. The van der Waals surface area contributed by atoms with Gasteiger partial charge in [-0.05, 0) is 43.9 Å². The molecule has 0 spiro atoms. The Balaban J connectivity index is 0.000000956. The zero-order valence-corrected chi connectivity index (χ0v) is 13.8. The molecule has 0 nitrogen and oxygen atoms in total. The van der Waals surface area contributed by atoms with Gasteiger partial charge in [-0.15, -0.1) is 0 Å². The van der Waals surface area contributed by atoms with E-state index in [1.807, 2.05) is 13.8 Å². The van der Waals surface area contributed by atoms with Gasteiger partial charge in [0.25, 0.3) is 0 Å². The summed E-state index contributed by atoms with van der Waals surface area (Å²) in [5, 5.41) is 0. The molecule has 108 valence electrons. The average molecular weight is 268 g/mol. The molecule has 0 heteroatoms. The van der Waals surface area contributed by atoms with Crippen LogP contribution in [0.5, 0.6) is 0 Å². The summed E-state index contributed by atoms with van der Waals surface area (Å²) in [5.41, 5.74) is 7.18. The molecule has 1 unspecified atom stereocenters. The summed E-state index contributed by atoms with van der Waals surface area (Å²) in [7, 11) is 0. The second-order valence-corrected chi connectivity index (χ2v) is 5.29. The summed E-state index contributed by atoms with van der Waals surface area (Å²) >= 11 is 0. The Morgan fingerprint density at radius 3 is 2.15 bits per heavy atom. The number of hydrogen-bond donors (Lipinski definition) is 0. The third-order valence-corrected chi connectivity index (χ3v) is 3.95. The predicted octanol–water partition coefficient (Wildman–Crippen LogP) is 6.43. The number of rotatable bonds is 2. The van der Waals surface area contributed by atoms with E-state index in [1.54, 1.807) is 0 Å². The Hall–Kier alpha value is -1.56. The van der Waals surface area contributed by atoms with Gasteiger partial charge in [-0.2, -0.15) is 0 Å². The van der Waals surface area contributed by atoms with Gasteiger partial charge in [0.2, 0.25) is 0 Å². The van der Waals surface area contributed by atoms with E-state index >= 15 is 0 Å². The van der Waals surface area contributed by atoms with Crippen LogP contribution in [0.1, 0.15) is 59.4 Å². The molecule has 0 N–H and O–H groups in total. The fraction of sp³-hybridized carbons (Fsp3) is 0.400. The molecule has 1 aromatic carbocycles. The quantitative estimate of drug-likeness (QED) is 0.580. The van der Waals surface area contributed by atoms with E-state index in [0.717, 1.165) is 6.42 Å². The van der Waals surface area contributed by atoms with Crippen molar-refractivity contribution in [2.24, 2.45) is 0 Å². The molecule has 0 fully saturated rings. The summed E-state index contributed by atoms with van der Waals surface area (Å²) in [6.45, 7) is 13.0. The minimum atomic E-state index is 0.461. The van der Waals surface area contributed by atoms with Crippen molar-refractivity contribution >= 4 is 0 Å². The molecule has 1 atom stereocenters. The van der Waals surface area contributed by atoms with Crippen LogP contribution in [0.15, 0.2) is 64.8 Å². The molecule has 0 aromatic heterocycles. The minimum Gasteiger partial charge on any atom is -0.0775 e. The molecular weight excluding hydrogens is 240 g/mol. The monoisotopic (exact) mass is 268 g/mol. The van der Waals surface area contributed by atoms with E-state index in [0.29, 0.717) is 5.92 Å². The van der Waals surface area contributed by atoms with Crippen LogP contribution in [0.4, 0.5) is 0 Å². The minimum absolute atomic E-state index is 0.461. The Morgan fingerprint density at radius 1 is 0.950 bits per heavy atom. The van der Waals surface area contributed by atoms with E-state index < -0.39 is 0 Å². The standard InChI is InChI=1S/C18H22.C2H6/c1-13-10-11-14(2)15(3)18(12-13)16(4)17-8-6-5-7-9-17;1-2/h5-10,12,16H,11H2,1-4H3;1-2H3. The van der Waals surface area contributed by atoms with E-state index in [1.165, 1.54) is 27.9 Å². The van der Waals surface area contributed by atoms with Gasteiger partial charge >= 0.3 is 0 Å². The number of allylic oxidation sites excluding steroid dienone is 6. The molecule has 1 aliphatic carbocycles.